The fraction of sp³-hybridized carbons (Fsp3) is 0.143. The van der Waals surface area contributed by atoms with Crippen LogP contribution >= 0.6 is 0 Å². The lowest BCUT2D eigenvalue weighted by molar-refractivity contribution is -0.681. The molecule has 0 aliphatic carbocycles. The van der Waals surface area contributed by atoms with Crippen LogP contribution in [0.4, 0.5) is 5.82 Å². The largest absolute Gasteiger partial charge is 1.00 e. The summed E-state index contributed by atoms with van der Waals surface area (Å²) in [6.07, 6.45) is 2.34. The van der Waals surface area contributed by atoms with Crippen molar-refractivity contribution in [3.63, 3.8) is 0 Å². The van der Waals surface area contributed by atoms with Crippen LogP contribution < -0.4 is 27.3 Å². The monoisotopic (exact) mass is 306 g/mol. The number of anilines is 1. The number of halogens is 1. The molecule has 0 spiro atoms. The Morgan fingerprint density at radius 2 is 1.72 bits per heavy atom. The molecular formula is C14H15BrN2O. The smallest absolute Gasteiger partial charge is 0.272 e. The summed E-state index contributed by atoms with van der Waals surface area (Å²) in [6, 6.07) is 14.9. The molecule has 0 atom stereocenters. The second-order valence-corrected chi connectivity index (χ2v) is 3.86. The first-order chi connectivity index (χ1) is 8.27. The maximum absolute atomic E-state index is 11.9. The number of Topliss-reactive ketones (excluding diaryl/α,β-unsaturated/α-hetero) is 1. The Bertz CT molecular complexity index is 514. The van der Waals surface area contributed by atoms with Crippen LogP contribution in [0.3, 0.4) is 0 Å². The Morgan fingerprint density at radius 3 is 2.39 bits per heavy atom. The molecule has 0 amide bonds. The minimum absolute atomic E-state index is 0. The zero-order valence-corrected chi connectivity index (χ0v) is 11.5. The number of pyridine rings is 1. The van der Waals surface area contributed by atoms with Crippen LogP contribution in [-0.2, 0) is 6.54 Å². The Morgan fingerprint density at radius 1 is 1.06 bits per heavy atom. The van der Waals surface area contributed by atoms with E-state index < -0.39 is 0 Å². The van der Waals surface area contributed by atoms with Gasteiger partial charge in [0, 0.05) is 18.1 Å². The van der Waals surface area contributed by atoms with E-state index in [1.165, 1.54) is 0 Å². The summed E-state index contributed by atoms with van der Waals surface area (Å²) >= 11 is 0. The third kappa shape index (κ3) is 3.67. The summed E-state index contributed by atoms with van der Waals surface area (Å²) < 4.78 is 1.88. The van der Waals surface area contributed by atoms with Crippen LogP contribution in [0.25, 0.3) is 0 Å². The number of aromatic nitrogens is 1. The highest BCUT2D eigenvalue weighted by atomic mass is 79.9. The molecule has 0 aliphatic rings. The molecule has 1 aromatic carbocycles. The van der Waals surface area contributed by atoms with Crippen LogP contribution in [-0.4, -0.2) is 5.78 Å². The topological polar surface area (TPSA) is 47.0 Å². The zero-order chi connectivity index (χ0) is 12.1. The van der Waals surface area contributed by atoms with Gasteiger partial charge in [-0.15, -0.1) is 0 Å². The van der Waals surface area contributed by atoms with Crippen LogP contribution in [0.2, 0.25) is 0 Å². The van der Waals surface area contributed by atoms with E-state index in [0.29, 0.717) is 18.8 Å². The summed E-state index contributed by atoms with van der Waals surface area (Å²) in [5, 5.41) is 0. The van der Waals surface area contributed by atoms with Crippen molar-refractivity contribution >= 4 is 11.6 Å². The number of ketones is 1. The van der Waals surface area contributed by atoms with Crippen LogP contribution in [0.5, 0.6) is 0 Å². The number of aryl methyl sites for hydroxylation is 1. The molecule has 2 rings (SSSR count). The third-order valence-corrected chi connectivity index (χ3v) is 2.65. The van der Waals surface area contributed by atoms with E-state index in [4.69, 9.17) is 5.73 Å². The fourth-order valence-corrected chi connectivity index (χ4v) is 1.68. The van der Waals surface area contributed by atoms with E-state index in [0.717, 1.165) is 5.56 Å². The van der Waals surface area contributed by atoms with Gasteiger partial charge in [0.2, 0.25) is 0 Å². The zero-order valence-electron chi connectivity index (χ0n) is 9.92. The van der Waals surface area contributed by atoms with E-state index >= 15 is 0 Å². The van der Waals surface area contributed by atoms with Crippen molar-refractivity contribution in [2.45, 2.75) is 13.0 Å². The van der Waals surface area contributed by atoms with Gasteiger partial charge in [0.1, 0.15) is 0 Å². The lowest BCUT2D eigenvalue weighted by Crippen LogP contribution is -3.00. The molecule has 2 N–H and O–H groups in total. The number of nitrogens with zero attached hydrogens (tertiary/aromatic N) is 1. The minimum atomic E-state index is 0. The molecule has 0 bridgehead atoms. The van der Waals surface area contributed by atoms with Gasteiger partial charge in [-0.05, 0) is 6.07 Å². The van der Waals surface area contributed by atoms with Crippen LogP contribution in [0.1, 0.15) is 16.8 Å². The molecule has 0 saturated carbocycles. The molecule has 0 radical (unpaired) electrons. The van der Waals surface area contributed by atoms with Gasteiger partial charge in [0.05, 0.1) is 12.7 Å². The average molecular weight is 307 g/mol. The van der Waals surface area contributed by atoms with E-state index in [2.05, 4.69) is 0 Å². The van der Waals surface area contributed by atoms with Crippen molar-refractivity contribution in [1.29, 1.82) is 0 Å². The lowest BCUT2D eigenvalue weighted by atomic mass is 10.1. The number of carbonyl (C=O) groups excluding carboxylic acids is 1. The first-order valence-corrected chi connectivity index (χ1v) is 5.59. The van der Waals surface area contributed by atoms with Crippen LogP contribution in [0.15, 0.2) is 54.7 Å². The SMILES string of the molecule is Nc1cccc[n+]1CCC(=O)c1ccccc1.[Br-]. The molecule has 0 aliphatic heterocycles. The Labute approximate surface area is 117 Å². The van der Waals surface area contributed by atoms with E-state index in [1.54, 1.807) is 0 Å². The van der Waals surface area contributed by atoms with Crippen molar-refractivity contribution in [3.05, 3.63) is 60.3 Å². The predicted octanol–water partition coefficient (Wildman–Crippen LogP) is -1.17. The molecule has 2 aromatic rings. The van der Waals surface area contributed by atoms with E-state index in [1.807, 2.05) is 59.3 Å². The summed E-state index contributed by atoms with van der Waals surface area (Å²) in [4.78, 5) is 11.9. The fourth-order valence-electron chi connectivity index (χ4n) is 1.68. The lowest BCUT2D eigenvalue weighted by Gasteiger charge is -2.02. The minimum Gasteiger partial charge on any atom is -1.00 e. The van der Waals surface area contributed by atoms with Crippen molar-refractivity contribution in [1.82, 2.24) is 0 Å². The van der Waals surface area contributed by atoms with Gasteiger partial charge >= 0.3 is 0 Å². The number of nitrogens with two attached hydrogens (primary N) is 1. The number of hydrogen-bond acceptors (Lipinski definition) is 2. The van der Waals surface area contributed by atoms with E-state index in [-0.39, 0.29) is 22.8 Å². The summed E-state index contributed by atoms with van der Waals surface area (Å²) in [5.41, 5.74) is 6.55. The highest BCUT2D eigenvalue weighted by Gasteiger charge is 2.08. The molecule has 1 aromatic heterocycles. The summed E-state index contributed by atoms with van der Waals surface area (Å²) in [5.74, 6) is 0.815. The Balaban J connectivity index is 0.00000162. The molecule has 18 heavy (non-hydrogen) atoms. The van der Waals surface area contributed by atoms with Gasteiger partial charge in [-0.3, -0.25) is 10.5 Å². The molecule has 4 heteroatoms. The predicted molar refractivity (Wildman–Crippen MR) is 66.4 cm³/mol. The van der Waals surface area contributed by atoms with Crippen LogP contribution in [0, 0.1) is 0 Å². The number of hydrogen-bond donors (Lipinski definition) is 1. The summed E-state index contributed by atoms with van der Waals surface area (Å²) in [6.45, 7) is 0.612. The molecule has 3 nitrogen and oxygen atoms in total. The average Bonchev–Trinajstić information content (AvgIpc) is 2.38. The molecule has 94 valence electrons. The molecule has 0 saturated heterocycles. The number of rotatable bonds is 4. The van der Waals surface area contributed by atoms with Crippen molar-refractivity contribution in [2.24, 2.45) is 0 Å². The first kappa shape index (κ1) is 14.4. The standard InChI is InChI=1S/C14H14N2O.BrH/c15-14-8-4-5-10-16(14)11-9-13(17)12-6-2-1-3-7-12;/h1-8,10,15H,9,11H2;1H. The van der Waals surface area contributed by atoms with E-state index in [9.17, 15) is 4.79 Å². The van der Waals surface area contributed by atoms with Crippen molar-refractivity contribution < 1.29 is 26.3 Å². The van der Waals surface area contributed by atoms with Crippen molar-refractivity contribution in [2.75, 3.05) is 5.73 Å². The Kier molecular flexibility index (Phi) is 5.52. The second kappa shape index (κ2) is 6.91. The molecule has 0 unspecified atom stereocenters. The van der Waals surface area contributed by atoms with Gasteiger partial charge in [0.25, 0.3) is 5.82 Å². The van der Waals surface area contributed by atoms with Gasteiger partial charge in [0.15, 0.2) is 5.78 Å². The second-order valence-electron chi connectivity index (χ2n) is 3.86. The number of benzene rings is 1. The number of carbonyl (C=O) groups is 1. The molecule has 1 heterocycles. The van der Waals surface area contributed by atoms with Gasteiger partial charge in [-0.2, -0.15) is 0 Å². The summed E-state index contributed by atoms with van der Waals surface area (Å²) in [7, 11) is 0. The Hall–Kier alpha value is -1.68. The maximum Gasteiger partial charge on any atom is 0.272 e. The first-order valence-electron chi connectivity index (χ1n) is 5.59. The number of nitrogen functional groups attached to an aromatic ring is 1. The highest BCUT2D eigenvalue weighted by molar-refractivity contribution is 5.95. The van der Waals surface area contributed by atoms with Gasteiger partial charge in [-0.25, -0.2) is 4.57 Å². The van der Waals surface area contributed by atoms with Crippen molar-refractivity contribution in [3.8, 4) is 0 Å². The maximum atomic E-state index is 11.9. The quantitative estimate of drug-likeness (QED) is 0.572. The molecular weight excluding hydrogens is 292 g/mol. The third-order valence-electron chi connectivity index (χ3n) is 2.65. The normalized spacial score (nSPS) is 9.56. The highest BCUT2D eigenvalue weighted by Crippen LogP contribution is 2.03. The van der Waals surface area contributed by atoms with Gasteiger partial charge < -0.3 is 17.0 Å². The molecule has 0 fully saturated rings. The van der Waals surface area contributed by atoms with Gasteiger partial charge in [-0.1, -0.05) is 36.4 Å².